The largest absolute Gasteiger partial charge is 0.236 e. The second kappa shape index (κ2) is 7.25. The maximum Gasteiger partial charge on any atom is 0.236 e. The van der Waals surface area contributed by atoms with E-state index in [0.29, 0.717) is 18.1 Å². The van der Waals surface area contributed by atoms with Gasteiger partial charge in [0.05, 0.1) is 0 Å². The quantitative estimate of drug-likeness (QED) is 0.848. The Labute approximate surface area is 126 Å². The van der Waals surface area contributed by atoms with Crippen molar-refractivity contribution in [3.8, 4) is 0 Å². The summed E-state index contributed by atoms with van der Waals surface area (Å²) < 4.78 is 26.2. The van der Waals surface area contributed by atoms with Crippen LogP contribution in [0.3, 0.4) is 0 Å². The highest BCUT2D eigenvalue weighted by atomic mass is 35.5. The van der Waals surface area contributed by atoms with E-state index in [1.165, 1.54) is 11.8 Å². The fraction of sp³-hybridized carbons (Fsp3) is 0.467. The van der Waals surface area contributed by atoms with Crippen molar-refractivity contribution in [1.29, 1.82) is 0 Å². The number of rotatable bonds is 3. The van der Waals surface area contributed by atoms with Gasteiger partial charge in [0.15, 0.2) is 0 Å². The maximum atomic E-state index is 12.3. The number of hydrogen-bond donors (Lipinski definition) is 0. The number of nitrogens with zero attached hydrogens (tertiary/aromatic N) is 1. The van der Waals surface area contributed by atoms with Crippen LogP contribution >= 0.6 is 11.6 Å². The Morgan fingerprint density at radius 1 is 0.950 bits per heavy atom. The first-order valence-electron chi connectivity index (χ1n) is 7.02. The van der Waals surface area contributed by atoms with Crippen LogP contribution in [0.15, 0.2) is 29.7 Å². The summed E-state index contributed by atoms with van der Waals surface area (Å²) in [5.41, 5.74) is 0.838. The zero-order valence-electron chi connectivity index (χ0n) is 11.5. The fourth-order valence-electron chi connectivity index (χ4n) is 2.30. The topological polar surface area (TPSA) is 37.4 Å². The highest BCUT2D eigenvalue weighted by Crippen LogP contribution is 2.16. The Morgan fingerprint density at radius 3 is 2.10 bits per heavy atom. The van der Waals surface area contributed by atoms with E-state index in [2.05, 4.69) is 0 Å². The Bertz CT molecular complexity index is 544. The smallest absolute Gasteiger partial charge is 0.208 e. The molecule has 1 heterocycles. The summed E-state index contributed by atoms with van der Waals surface area (Å²) in [5.74, 6) is 0. The van der Waals surface area contributed by atoms with Gasteiger partial charge in [-0.3, -0.25) is 0 Å². The lowest BCUT2D eigenvalue weighted by molar-refractivity contribution is 0.368. The normalized spacial score (nSPS) is 18.9. The SMILES string of the molecule is O=S(=O)(/C=C/c1ccc(Cl)cc1)N1CCCCCCC1. The van der Waals surface area contributed by atoms with Crippen molar-refractivity contribution in [1.82, 2.24) is 4.31 Å². The Balaban J connectivity index is 2.06. The molecule has 0 spiro atoms. The molecule has 3 nitrogen and oxygen atoms in total. The average molecular weight is 314 g/mol. The van der Waals surface area contributed by atoms with Crippen LogP contribution in [0, 0.1) is 0 Å². The van der Waals surface area contributed by atoms with Gasteiger partial charge in [-0.1, -0.05) is 43.0 Å². The molecule has 1 aliphatic heterocycles. The molecule has 2 rings (SSSR count). The van der Waals surface area contributed by atoms with Crippen LogP contribution in [0.25, 0.3) is 6.08 Å². The molecule has 0 amide bonds. The first-order chi connectivity index (χ1) is 9.58. The minimum Gasteiger partial charge on any atom is -0.208 e. The molecule has 1 fully saturated rings. The highest BCUT2D eigenvalue weighted by Gasteiger charge is 2.19. The van der Waals surface area contributed by atoms with Gasteiger partial charge in [0.2, 0.25) is 10.0 Å². The molecule has 0 unspecified atom stereocenters. The number of hydrogen-bond acceptors (Lipinski definition) is 2. The maximum absolute atomic E-state index is 12.3. The molecule has 20 heavy (non-hydrogen) atoms. The predicted octanol–water partition coefficient (Wildman–Crippen LogP) is 3.91. The zero-order chi connectivity index (χ0) is 14.4. The van der Waals surface area contributed by atoms with E-state index in [1.54, 1.807) is 22.5 Å². The van der Waals surface area contributed by atoms with Crippen LogP contribution in [0.1, 0.15) is 37.7 Å². The molecule has 0 radical (unpaired) electrons. The van der Waals surface area contributed by atoms with Gasteiger partial charge < -0.3 is 0 Å². The fourth-order valence-corrected chi connectivity index (χ4v) is 3.69. The zero-order valence-corrected chi connectivity index (χ0v) is 13.0. The van der Waals surface area contributed by atoms with Crippen molar-refractivity contribution >= 4 is 27.7 Å². The molecule has 0 aliphatic carbocycles. The molecule has 0 bridgehead atoms. The van der Waals surface area contributed by atoms with Gasteiger partial charge in [0.1, 0.15) is 0 Å². The molecule has 1 aliphatic rings. The van der Waals surface area contributed by atoms with E-state index in [4.69, 9.17) is 11.6 Å². The van der Waals surface area contributed by atoms with Gasteiger partial charge in [-0.05, 0) is 36.6 Å². The first-order valence-corrected chi connectivity index (χ1v) is 8.90. The minimum absolute atomic E-state index is 0.632. The lowest BCUT2D eigenvalue weighted by Crippen LogP contribution is -2.32. The number of benzene rings is 1. The monoisotopic (exact) mass is 313 g/mol. The Kier molecular flexibility index (Phi) is 5.64. The molecule has 0 atom stereocenters. The summed E-state index contributed by atoms with van der Waals surface area (Å²) in [6.45, 7) is 1.26. The second-order valence-electron chi connectivity index (χ2n) is 5.07. The summed E-state index contributed by atoms with van der Waals surface area (Å²) in [6.07, 6.45) is 6.99. The van der Waals surface area contributed by atoms with E-state index in [-0.39, 0.29) is 0 Å². The van der Waals surface area contributed by atoms with Crippen LogP contribution in [-0.2, 0) is 10.0 Å². The molecule has 1 saturated heterocycles. The van der Waals surface area contributed by atoms with Crippen LogP contribution < -0.4 is 0 Å². The number of halogens is 1. The lowest BCUT2D eigenvalue weighted by atomic mass is 10.1. The lowest BCUT2D eigenvalue weighted by Gasteiger charge is -2.22. The molecular weight excluding hydrogens is 294 g/mol. The van der Waals surface area contributed by atoms with Gasteiger partial charge in [0, 0.05) is 23.5 Å². The van der Waals surface area contributed by atoms with Gasteiger partial charge in [-0.25, -0.2) is 8.42 Å². The van der Waals surface area contributed by atoms with Gasteiger partial charge in [-0.15, -0.1) is 0 Å². The van der Waals surface area contributed by atoms with Crippen LogP contribution in [0.2, 0.25) is 5.02 Å². The molecule has 0 saturated carbocycles. The molecule has 5 heteroatoms. The van der Waals surface area contributed by atoms with Crippen LogP contribution in [0.4, 0.5) is 0 Å². The molecule has 1 aromatic rings. The predicted molar refractivity (Wildman–Crippen MR) is 84.1 cm³/mol. The summed E-state index contributed by atoms with van der Waals surface area (Å²) in [5, 5.41) is 1.95. The van der Waals surface area contributed by atoms with Crippen molar-refractivity contribution in [2.24, 2.45) is 0 Å². The first kappa shape index (κ1) is 15.5. The molecular formula is C15H20ClNO2S. The third kappa shape index (κ3) is 4.62. The summed E-state index contributed by atoms with van der Waals surface area (Å²) in [4.78, 5) is 0. The van der Waals surface area contributed by atoms with Crippen molar-refractivity contribution in [2.45, 2.75) is 32.1 Å². The third-order valence-electron chi connectivity index (χ3n) is 3.48. The average Bonchev–Trinajstić information content (AvgIpc) is 2.37. The van der Waals surface area contributed by atoms with Crippen molar-refractivity contribution in [2.75, 3.05) is 13.1 Å². The second-order valence-corrected chi connectivity index (χ2v) is 7.32. The van der Waals surface area contributed by atoms with Gasteiger partial charge >= 0.3 is 0 Å². The number of sulfonamides is 1. The third-order valence-corrected chi connectivity index (χ3v) is 5.29. The highest BCUT2D eigenvalue weighted by molar-refractivity contribution is 7.92. The van der Waals surface area contributed by atoms with E-state index >= 15 is 0 Å². The van der Waals surface area contributed by atoms with Gasteiger partial charge in [-0.2, -0.15) is 4.31 Å². The minimum atomic E-state index is -3.31. The van der Waals surface area contributed by atoms with Crippen molar-refractivity contribution in [3.63, 3.8) is 0 Å². The Morgan fingerprint density at radius 2 is 1.50 bits per heavy atom. The molecule has 0 N–H and O–H groups in total. The van der Waals surface area contributed by atoms with Crippen molar-refractivity contribution in [3.05, 3.63) is 40.3 Å². The molecule has 110 valence electrons. The Hall–Kier alpha value is -0.840. The van der Waals surface area contributed by atoms with Crippen LogP contribution in [0.5, 0.6) is 0 Å². The molecule has 1 aromatic carbocycles. The van der Waals surface area contributed by atoms with Gasteiger partial charge in [0.25, 0.3) is 0 Å². The van der Waals surface area contributed by atoms with E-state index < -0.39 is 10.0 Å². The summed E-state index contributed by atoms with van der Waals surface area (Å²) in [7, 11) is -3.31. The molecule has 0 aromatic heterocycles. The van der Waals surface area contributed by atoms with E-state index in [0.717, 1.165) is 31.2 Å². The summed E-state index contributed by atoms with van der Waals surface area (Å²) in [6, 6.07) is 7.12. The standard InChI is InChI=1S/C15H20ClNO2S/c16-15-8-6-14(7-9-15)10-13-20(18,19)17-11-4-2-1-3-5-12-17/h6-10,13H,1-5,11-12H2/b13-10+. The van der Waals surface area contributed by atoms with Crippen LogP contribution in [-0.4, -0.2) is 25.8 Å². The van der Waals surface area contributed by atoms with E-state index in [9.17, 15) is 8.42 Å². The van der Waals surface area contributed by atoms with Crippen molar-refractivity contribution < 1.29 is 8.42 Å². The van der Waals surface area contributed by atoms with E-state index in [1.807, 2.05) is 12.1 Å². The summed E-state index contributed by atoms with van der Waals surface area (Å²) >= 11 is 5.81.